The number of fused-ring (bicyclic) bond motifs is 1. The molecule has 0 spiro atoms. The lowest BCUT2D eigenvalue weighted by Gasteiger charge is -2.06. The number of aryl methyl sites for hydroxylation is 1. The third kappa shape index (κ3) is 3.61. The first-order valence-corrected chi connectivity index (χ1v) is 8.12. The molecule has 2 heterocycles. The predicted molar refractivity (Wildman–Crippen MR) is 100 cm³/mol. The molecule has 0 saturated carbocycles. The number of carbonyl (C=O) groups is 2. The molecule has 7 nitrogen and oxygen atoms in total. The molecule has 0 unspecified atom stereocenters. The van der Waals surface area contributed by atoms with Gasteiger partial charge >= 0.3 is 0 Å². The van der Waals surface area contributed by atoms with Crippen molar-refractivity contribution in [1.29, 1.82) is 0 Å². The van der Waals surface area contributed by atoms with Gasteiger partial charge in [0.25, 0.3) is 5.91 Å². The Labute approximate surface area is 150 Å². The van der Waals surface area contributed by atoms with Crippen molar-refractivity contribution < 1.29 is 9.59 Å². The Morgan fingerprint density at radius 2 is 1.92 bits per heavy atom. The molecule has 0 aliphatic rings. The van der Waals surface area contributed by atoms with Gasteiger partial charge < -0.3 is 5.32 Å². The van der Waals surface area contributed by atoms with E-state index in [2.05, 4.69) is 20.8 Å². The first kappa shape index (κ1) is 17.3. The standard InChI is InChI=1S/C19H19N5O2/c1-12(15-7-6-8-16(11-15)21-14(3)25)22-23-19(26)18-13(2)20-17-9-4-5-10-24(17)18/h4-11H,1-3H3,(H,21,25)(H,23,26). The molecular weight excluding hydrogens is 330 g/mol. The second-order valence-electron chi connectivity index (χ2n) is 5.87. The third-order valence-electron chi connectivity index (χ3n) is 3.85. The van der Waals surface area contributed by atoms with Crippen LogP contribution in [-0.2, 0) is 4.79 Å². The van der Waals surface area contributed by atoms with Crippen LogP contribution >= 0.6 is 0 Å². The number of aromatic nitrogens is 2. The number of hydrogen-bond acceptors (Lipinski definition) is 4. The van der Waals surface area contributed by atoms with Crippen LogP contribution in [0.25, 0.3) is 5.65 Å². The summed E-state index contributed by atoms with van der Waals surface area (Å²) in [6.07, 6.45) is 1.79. The molecule has 26 heavy (non-hydrogen) atoms. The van der Waals surface area contributed by atoms with Crippen LogP contribution in [0.15, 0.2) is 53.8 Å². The van der Waals surface area contributed by atoms with Crippen LogP contribution in [0.4, 0.5) is 5.69 Å². The van der Waals surface area contributed by atoms with Gasteiger partial charge in [-0.2, -0.15) is 5.10 Å². The quantitative estimate of drug-likeness (QED) is 0.561. The van der Waals surface area contributed by atoms with E-state index in [-0.39, 0.29) is 11.8 Å². The minimum absolute atomic E-state index is 0.145. The Balaban J connectivity index is 1.81. The zero-order chi connectivity index (χ0) is 18.7. The number of rotatable bonds is 4. The van der Waals surface area contributed by atoms with Crippen LogP contribution in [0.2, 0.25) is 0 Å². The van der Waals surface area contributed by atoms with E-state index >= 15 is 0 Å². The SMILES string of the molecule is CC(=O)Nc1cccc(C(C)=NNC(=O)c2c(C)nc3ccccn23)c1. The van der Waals surface area contributed by atoms with Gasteiger partial charge in [-0.25, -0.2) is 10.4 Å². The van der Waals surface area contributed by atoms with Gasteiger partial charge in [-0.05, 0) is 43.7 Å². The average molecular weight is 349 g/mol. The van der Waals surface area contributed by atoms with Gasteiger partial charge in [0.2, 0.25) is 5.91 Å². The molecule has 3 aromatic rings. The van der Waals surface area contributed by atoms with Gasteiger partial charge in [-0.1, -0.05) is 18.2 Å². The molecular formula is C19H19N5O2. The number of amides is 2. The average Bonchev–Trinajstić information content (AvgIpc) is 2.94. The van der Waals surface area contributed by atoms with Crippen molar-refractivity contribution in [3.8, 4) is 0 Å². The summed E-state index contributed by atoms with van der Waals surface area (Å²) in [6, 6.07) is 12.8. The van der Waals surface area contributed by atoms with Crippen LogP contribution in [0, 0.1) is 6.92 Å². The number of anilines is 1. The van der Waals surface area contributed by atoms with Gasteiger partial charge in [0.1, 0.15) is 11.3 Å². The number of pyridine rings is 1. The summed E-state index contributed by atoms with van der Waals surface area (Å²) in [5.41, 5.74) is 6.46. The maximum atomic E-state index is 12.6. The van der Waals surface area contributed by atoms with Crippen LogP contribution in [0.1, 0.15) is 35.6 Å². The fourth-order valence-corrected chi connectivity index (χ4v) is 2.66. The lowest BCUT2D eigenvalue weighted by molar-refractivity contribution is -0.114. The molecule has 1 aromatic carbocycles. The van der Waals surface area contributed by atoms with Gasteiger partial charge in [0.05, 0.1) is 11.4 Å². The molecule has 132 valence electrons. The summed E-state index contributed by atoms with van der Waals surface area (Å²) in [5, 5.41) is 6.90. The monoisotopic (exact) mass is 349 g/mol. The van der Waals surface area contributed by atoms with Crippen LogP contribution in [0.3, 0.4) is 0 Å². The van der Waals surface area contributed by atoms with Crippen molar-refractivity contribution in [2.24, 2.45) is 5.10 Å². The largest absolute Gasteiger partial charge is 0.326 e. The molecule has 0 atom stereocenters. The zero-order valence-electron chi connectivity index (χ0n) is 14.8. The fraction of sp³-hybridized carbons (Fsp3) is 0.158. The van der Waals surface area contributed by atoms with Gasteiger partial charge in [-0.3, -0.25) is 14.0 Å². The Kier molecular flexibility index (Phi) is 4.79. The van der Waals surface area contributed by atoms with Crippen molar-refractivity contribution >= 4 is 28.9 Å². The molecule has 0 bridgehead atoms. The molecule has 0 radical (unpaired) electrons. The van der Waals surface area contributed by atoms with Gasteiger partial charge in [-0.15, -0.1) is 0 Å². The van der Waals surface area contributed by atoms with Crippen molar-refractivity contribution in [2.45, 2.75) is 20.8 Å². The molecule has 2 N–H and O–H groups in total. The molecule has 0 fully saturated rings. The van der Waals surface area contributed by atoms with E-state index < -0.39 is 0 Å². The third-order valence-corrected chi connectivity index (χ3v) is 3.85. The number of hydrogen-bond donors (Lipinski definition) is 2. The Bertz CT molecular complexity index is 1020. The second-order valence-corrected chi connectivity index (χ2v) is 5.87. The maximum absolute atomic E-state index is 12.6. The highest BCUT2D eigenvalue weighted by Gasteiger charge is 2.15. The smallest absolute Gasteiger partial charge is 0.290 e. The molecule has 7 heteroatoms. The van der Waals surface area contributed by atoms with E-state index in [9.17, 15) is 9.59 Å². The first-order valence-electron chi connectivity index (χ1n) is 8.12. The highest BCUT2D eigenvalue weighted by Crippen LogP contribution is 2.13. The van der Waals surface area contributed by atoms with Crippen molar-refractivity contribution in [1.82, 2.24) is 14.8 Å². The number of hydrazone groups is 1. The van der Waals surface area contributed by atoms with Crippen molar-refractivity contribution in [3.05, 3.63) is 65.6 Å². The zero-order valence-corrected chi connectivity index (χ0v) is 14.8. The highest BCUT2D eigenvalue weighted by atomic mass is 16.2. The van der Waals surface area contributed by atoms with E-state index in [1.165, 1.54) is 6.92 Å². The summed E-state index contributed by atoms with van der Waals surface area (Å²) in [5.74, 6) is -0.480. The first-order chi connectivity index (χ1) is 12.5. The molecule has 3 rings (SSSR count). The number of carbonyl (C=O) groups excluding carboxylic acids is 2. The van der Waals surface area contributed by atoms with E-state index in [0.29, 0.717) is 28.4 Å². The fourth-order valence-electron chi connectivity index (χ4n) is 2.66. The van der Waals surface area contributed by atoms with E-state index in [1.54, 1.807) is 36.6 Å². The Hall–Kier alpha value is -3.48. The lowest BCUT2D eigenvalue weighted by Crippen LogP contribution is -2.22. The molecule has 2 aromatic heterocycles. The number of nitrogens with zero attached hydrogens (tertiary/aromatic N) is 3. The topological polar surface area (TPSA) is 87.9 Å². The summed E-state index contributed by atoms with van der Waals surface area (Å²) in [7, 11) is 0. The normalized spacial score (nSPS) is 11.4. The van der Waals surface area contributed by atoms with Gasteiger partial charge in [0.15, 0.2) is 0 Å². The maximum Gasteiger partial charge on any atom is 0.290 e. The van der Waals surface area contributed by atoms with Crippen molar-refractivity contribution in [3.63, 3.8) is 0 Å². The number of nitrogens with one attached hydrogen (secondary N) is 2. The summed E-state index contributed by atoms with van der Waals surface area (Å²) < 4.78 is 1.73. The van der Waals surface area contributed by atoms with Crippen molar-refractivity contribution in [2.75, 3.05) is 5.32 Å². The van der Waals surface area contributed by atoms with Crippen LogP contribution in [0.5, 0.6) is 0 Å². The minimum atomic E-state index is -0.335. The molecule has 0 saturated heterocycles. The lowest BCUT2D eigenvalue weighted by atomic mass is 10.1. The second kappa shape index (κ2) is 7.18. The van der Waals surface area contributed by atoms with Crippen LogP contribution < -0.4 is 10.7 Å². The Morgan fingerprint density at radius 3 is 2.69 bits per heavy atom. The van der Waals surface area contributed by atoms with Crippen LogP contribution in [-0.4, -0.2) is 26.9 Å². The summed E-state index contributed by atoms with van der Waals surface area (Å²) >= 11 is 0. The Morgan fingerprint density at radius 1 is 1.12 bits per heavy atom. The number of benzene rings is 1. The highest BCUT2D eigenvalue weighted by molar-refractivity contribution is 6.02. The molecule has 0 aliphatic heterocycles. The number of imidazole rings is 1. The van der Waals surface area contributed by atoms with E-state index in [0.717, 1.165) is 5.56 Å². The van der Waals surface area contributed by atoms with E-state index in [1.807, 2.05) is 30.3 Å². The molecule has 0 aliphatic carbocycles. The van der Waals surface area contributed by atoms with Gasteiger partial charge in [0, 0.05) is 18.8 Å². The summed E-state index contributed by atoms with van der Waals surface area (Å²) in [6.45, 7) is 5.02. The van der Waals surface area contributed by atoms with E-state index in [4.69, 9.17) is 0 Å². The predicted octanol–water partition coefficient (Wildman–Crippen LogP) is 2.76. The minimum Gasteiger partial charge on any atom is -0.326 e. The summed E-state index contributed by atoms with van der Waals surface area (Å²) in [4.78, 5) is 28.1. The molecule has 2 amide bonds.